The number of benzene rings is 2. The van der Waals surface area contributed by atoms with Gasteiger partial charge in [-0.15, -0.1) is 0 Å². The highest BCUT2D eigenvalue weighted by Crippen LogP contribution is 2.29. The zero-order valence-electron chi connectivity index (χ0n) is 11.3. The van der Waals surface area contributed by atoms with E-state index in [1.54, 1.807) is 12.1 Å². The predicted molar refractivity (Wildman–Crippen MR) is 82.6 cm³/mol. The molecule has 0 unspecified atom stereocenters. The number of anilines is 1. The van der Waals surface area contributed by atoms with Gasteiger partial charge in [0.15, 0.2) is 5.78 Å². The third-order valence-corrected chi connectivity index (χ3v) is 4.05. The first-order valence-corrected chi connectivity index (χ1v) is 7.12. The maximum atomic E-state index is 11.9. The molecule has 3 rings (SSSR count). The summed E-state index contributed by atoms with van der Waals surface area (Å²) >= 11 is 6.24. The van der Waals surface area contributed by atoms with Crippen LogP contribution in [0.15, 0.2) is 42.5 Å². The predicted octanol–water partition coefficient (Wildman–Crippen LogP) is 3.80. The van der Waals surface area contributed by atoms with Gasteiger partial charge < -0.3 is 4.90 Å². The summed E-state index contributed by atoms with van der Waals surface area (Å²) in [6, 6.07) is 15.0. The molecule has 0 saturated heterocycles. The van der Waals surface area contributed by atoms with Gasteiger partial charge in [-0.3, -0.25) is 4.79 Å². The van der Waals surface area contributed by atoms with E-state index < -0.39 is 0 Å². The second-order valence-electron chi connectivity index (χ2n) is 5.03. The van der Waals surface area contributed by atoms with Gasteiger partial charge in [-0.25, -0.2) is 0 Å². The number of hydrogen-bond donors (Lipinski definition) is 0. The van der Waals surface area contributed by atoms with Crippen molar-refractivity contribution in [3.05, 3.63) is 64.2 Å². The van der Waals surface area contributed by atoms with E-state index in [0.29, 0.717) is 30.1 Å². The summed E-state index contributed by atoms with van der Waals surface area (Å²) in [5.74, 6) is 0.188. The number of nitriles is 1. The summed E-state index contributed by atoms with van der Waals surface area (Å²) in [4.78, 5) is 14.1. The average molecular weight is 297 g/mol. The molecule has 3 nitrogen and oxygen atoms in total. The zero-order valence-corrected chi connectivity index (χ0v) is 12.1. The molecular weight excluding hydrogens is 284 g/mol. The molecule has 0 fully saturated rings. The Labute approximate surface area is 128 Å². The molecule has 1 aliphatic heterocycles. The van der Waals surface area contributed by atoms with E-state index in [1.807, 2.05) is 30.3 Å². The first-order valence-electron chi connectivity index (χ1n) is 6.75. The molecule has 0 aromatic heterocycles. The van der Waals surface area contributed by atoms with Crippen molar-refractivity contribution in [2.45, 2.75) is 13.0 Å². The largest absolute Gasteiger partial charge is 0.366 e. The summed E-state index contributed by atoms with van der Waals surface area (Å²) in [5.41, 5.74) is 3.24. The van der Waals surface area contributed by atoms with Crippen LogP contribution in [0.4, 0.5) is 5.69 Å². The number of para-hydroxylation sites is 1. The van der Waals surface area contributed by atoms with Crippen molar-refractivity contribution in [1.82, 2.24) is 0 Å². The van der Waals surface area contributed by atoms with E-state index in [-0.39, 0.29) is 5.78 Å². The molecule has 2 aromatic carbocycles. The molecule has 1 heterocycles. The molecule has 0 N–H and O–H groups in total. The molecule has 0 atom stereocenters. The summed E-state index contributed by atoms with van der Waals surface area (Å²) in [6.07, 6.45) is 0.519. The third-order valence-electron chi connectivity index (χ3n) is 3.70. The molecule has 104 valence electrons. The van der Waals surface area contributed by atoms with Crippen LogP contribution in [0, 0.1) is 11.3 Å². The fourth-order valence-electron chi connectivity index (χ4n) is 2.59. The Balaban J connectivity index is 1.91. The highest BCUT2D eigenvalue weighted by atomic mass is 35.5. The number of hydrogen-bond acceptors (Lipinski definition) is 3. The summed E-state index contributed by atoms with van der Waals surface area (Å²) in [7, 11) is 0. The molecule has 0 radical (unpaired) electrons. The minimum atomic E-state index is 0.188. The van der Waals surface area contributed by atoms with Crippen LogP contribution in [0.2, 0.25) is 5.02 Å². The zero-order chi connectivity index (χ0) is 14.8. The van der Waals surface area contributed by atoms with Crippen molar-refractivity contribution >= 4 is 23.1 Å². The van der Waals surface area contributed by atoms with Crippen LogP contribution in [0.1, 0.15) is 27.9 Å². The molecule has 0 aliphatic carbocycles. The van der Waals surface area contributed by atoms with Crippen molar-refractivity contribution in [2.75, 3.05) is 11.4 Å². The van der Waals surface area contributed by atoms with Crippen molar-refractivity contribution in [2.24, 2.45) is 0 Å². The topological polar surface area (TPSA) is 44.1 Å². The number of carbonyl (C=O) groups excluding carboxylic acids is 1. The second kappa shape index (κ2) is 5.59. The van der Waals surface area contributed by atoms with Crippen molar-refractivity contribution in [3.8, 4) is 6.07 Å². The molecule has 21 heavy (non-hydrogen) atoms. The first-order chi connectivity index (χ1) is 10.2. The van der Waals surface area contributed by atoms with Crippen molar-refractivity contribution in [3.63, 3.8) is 0 Å². The monoisotopic (exact) mass is 296 g/mol. The first kappa shape index (κ1) is 13.7. The van der Waals surface area contributed by atoms with E-state index in [1.165, 1.54) is 0 Å². The van der Waals surface area contributed by atoms with Gasteiger partial charge in [-0.2, -0.15) is 5.26 Å². The maximum Gasteiger partial charge on any atom is 0.166 e. The average Bonchev–Trinajstić information content (AvgIpc) is 2.52. The van der Waals surface area contributed by atoms with Crippen LogP contribution < -0.4 is 4.90 Å². The quantitative estimate of drug-likeness (QED) is 0.846. The van der Waals surface area contributed by atoms with E-state index in [9.17, 15) is 4.79 Å². The van der Waals surface area contributed by atoms with Gasteiger partial charge >= 0.3 is 0 Å². The number of fused-ring (bicyclic) bond motifs is 1. The Morgan fingerprint density at radius 3 is 2.81 bits per heavy atom. The Morgan fingerprint density at radius 1 is 1.24 bits per heavy atom. The molecule has 0 amide bonds. The van der Waals surface area contributed by atoms with Crippen LogP contribution in [0.25, 0.3) is 0 Å². The van der Waals surface area contributed by atoms with Crippen LogP contribution in [0.5, 0.6) is 0 Å². The normalized spacial score (nSPS) is 13.7. The third kappa shape index (κ3) is 2.63. The standard InChI is InChI=1S/C17H13ClN2O/c18-15-9-12(10-19)5-6-13(15)11-20-8-7-17(21)14-3-1-2-4-16(14)20/h1-6,9H,7-8,11H2. The van der Waals surface area contributed by atoms with Gasteiger partial charge in [0.1, 0.15) is 0 Å². The number of carbonyl (C=O) groups is 1. The molecule has 0 spiro atoms. The smallest absolute Gasteiger partial charge is 0.166 e. The van der Waals surface area contributed by atoms with Gasteiger partial charge in [-0.05, 0) is 29.8 Å². The Hall–Kier alpha value is -2.31. The number of halogens is 1. The number of Topliss-reactive ketones (excluding diaryl/α,β-unsaturated/α-hetero) is 1. The molecule has 2 aromatic rings. The van der Waals surface area contributed by atoms with Gasteiger partial charge in [0.05, 0.1) is 11.6 Å². The second-order valence-corrected chi connectivity index (χ2v) is 5.44. The lowest BCUT2D eigenvalue weighted by Gasteiger charge is -2.30. The van der Waals surface area contributed by atoms with E-state index in [4.69, 9.17) is 16.9 Å². The molecule has 4 heteroatoms. The summed E-state index contributed by atoms with van der Waals surface area (Å²) < 4.78 is 0. The number of ketones is 1. The fourth-order valence-corrected chi connectivity index (χ4v) is 2.83. The molecular formula is C17H13ClN2O. The minimum absolute atomic E-state index is 0.188. The van der Waals surface area contributed by atoms with Gasteiger partial charge in [0.2, 0.25) is 0 Å². The van der Waals surface area contributed by atoms with E-state index in [0.717, 1.165) is 16.8 Å². The number of rotatable bonds is 2. The SMILES string of the molecule is N#Cc1ccc(CN2CCC(=O)c3ccccc32)c(Cl)c1. The highest BCUT2D eigenvalue weighted by molar-refractivity contribution is 6.31. The molecule has 0 saturated carbocycles. The fraction of sp³-hybridized carbons (Fsp3) is 0.176. The lowest BCUT2D eigenvalue weighted by Crippen LogP contribution is -2.31. The Kier molecular flexibility index (Phi) is 3.64. The molecule has 0 bridgehead atoms. The van der Waals surface area contributed by atoms with Gasteiger partial charge in [-0.1, -0.05) is 29.8 Å². The number of nitrogens with zero attached hydrogens (tertiary/aromatic N) is 2. The lowest BCUT2D eigenvalue weighted by molar-refractivity contribution is 0.0979. The minimum Gasteiger partial charge on any atom is -0.366 e. The highest BCUT2D eigenvalue weighted by Gasteiger charge is 2.22. The van der Waals surface area contributed by atoms with E-state index >= 15 is 0 Å². The van der Waals surface area contributed by atoms with Crippen LogP contribution >= 0.6 is 11.6 Å². The van der Waals surface area contributed by atoms with Gasteiger partial charge in [0, 0.05) is 35.8 Å². The van der Waals surface area contributed by atoms with Crippen molar-refractivity contribution < 1.29 is 4.79 Å². The molecule has 1 aliphatic rings. The van der Waals surface area contributed by atoms with E-state index in [2.05, 4.69) is 11.0 Å². The van der Waals surface area contributed by atoms with Crippen LogP contribution in [-0.2, 0) is 6.54 Å². The van der Waals surface area contributed by atoms with Crippen LogP contribution in [0.3, 0.4) is 0 Å². The van der Waals surface area contributed by atoms with Gasteiger partial charge in [0.25, 0.3) is 0 Å². The Bertz CT molecular complexity index is 749. The summed E-state index contributed by atoms with van der Waals surface area (Å²) in [6.45, 7) is 1.32. The van der Waals surface area contributed by atoms with Crippen LogP contribution in [-0.4, -0.2) is 12.3 Å². The maximum absolute atomic E-state index is 11.9. The lowest BCUT2D eigenvalue weighted by atomic mass is 9.99. The van der Waals surface area contributed by atoms with Crippen molar-refractivity contribution in [1.29, 1.82) is 5.26 Å². The summed E-state index contributed by atoms with van der Waals surface area (Å²) in [5, 5.41) is 9.46. The Morgan fingerprint density at radius 2 is 2.05 bits per heavy atom.